The van der Waals surface area contributed by atoms with Gasteiger partial charge in [-0.1, -0.05) is 0 Å². The lowest BCUT2D eigenvalue weighted by atomic mass is 9.94. The van der Waals surface area contributed by atoms with E-state index in [4.69, 9.17) is 9.47 Å². The summed E-state index contributed by atoms with van der Waals surface area (Å²) < 4.78 is 10.5. The fraction of sp³-hybridized carbons (Fsp3) is 0.917. The zero-order valence-corrected chi connectivity index (χ0v) is 10.8. The van der Waals surface area contributed by atoms with Crippen LogP contribution < -0.4 is 10.6 Å². The summed E-state index contributed by atoms with van der Waals surface area (Å²) in [5, 5.41) is 16.2. The van der Waals surface area contributed by atoms with Crippen LogP contribution in [0.5, 0.6) is 0 Å². The number of aliphatic hydroxyl groups is 1. The molecular formula is C12H22N2O4. The molecular weight excluding hydrogens is 236 g/mol. The van der Waals surface area contributed by atoms with Crippen LogP contribution in [0.2, 0.25) is 0 Å². The number of rotatable bonds is 4. The maximum atomic E-state index is 12.0. The van der Waals surface area contributed by atoms with Crippen molar-refractivity contribution in [1.82, 2.24) is 10.6 Å². The Bertz CT molecular complexity index is 292. The predicted molar refractivity (Wildman–Crippen MR) is 65.2 cm³/mol. The Morgan fingerprint density at radius 1 is 1.33 bits per heavy atom. The third-order valence-electron chi connectivity index (χ3n) is 3.80. The van der Waals surface area contributed by atoms with Gasteiger partial charge in [-0.3, -0.25) is 4.79 Å². The molecule has 2 saturated heterocycles. The molecule has 2 rings (SSSR count). The van der Waals surface area contributed by atoms with Gasteiger partial charge >= 0.3 is 0 Å². The highest BCUT2D eigenvalue weighted by atomic mass is 16.5. The van der Waals surface area contributed by atoms with Crippen LogP contribution in [0.3, 0.4) is 0 Å². The fourth-order valence-corrected chi connectivity index (χ4v) is 2.41. The molecule has 0 aromatic carbocycles. The molecule has 0 radical (unpaired) electrons. The average Bonchev–Trinajstić information content (AvgIpc) is 2.85. The maximum Gasteiger partial charge on any atom is 0.227 e. The Morgan fingerprint density at radius 2 is 2.06 bits per heavy atom. The molecule has 6 nitrogen and oxygen atoms in total. The SMILES string of the molecule is CNC1COCC1C(=O)NCC1(O)CCOCC1. The first-order chi connectivity index (χ1) is 8.64. The molecule has 3 N–H and O–H groups in total. The maximum absolute atomic E-state index is 12.0. The summed E-state index contributed by atoms with van der Waals surface area (Å²) in [5.41, 5.74) is -0.817. The summed E-state index contributed by atoms with van der Waals surface area (Å²) in [6, 6.07) is 0.0642. The molecule has 2 unspecified atom stereocenters. The van der Waals surface area contributed by atoms with Gasteiger partial charge in [0.15, 0.2) is 0 Å². The second-order valence-electron chi connectivity index (χ2n) is 5.09. The van der Waals surface area contributed by atoms with Gasteiger partial charge in [0.2, 0.25) is 5.91 Å². The molecule has 0 aromatic rings. The topological polar surface area (TPSA) is 79.8 Å². The number of carbonyl (C=O) groups is 1. The summed E-state index contributed by atoms with van der Waals surface area (Å²) in [6.45, 7) is 2.41. The van der Waals surface area contributed by atoms with Gasteiger partial charge in [-0.25, -0.2) is 0 Å². The molecule has 0 saturated carbocycles. The minimum Gasteiger partial charge on any atom is -0.388 e. The molecule has 0 bridgehead atoms. The average molecular weight is 258 g/mol. The van der Waals surface area contributed by atoms with Crippen molar-refractivity contribution < 1.29 is 19.4 Å². The van der Waals surface area contributed by atoms with Gasteiger partial charge in [0.1, 0.15) is 0 Å². The first-order valence-electron chi connectivity index (χ1n) is 6.47. The number of likely N-dealkylation sites (N-methyl/N-ethyl adjacent to an activating group) is 1. The van der Waals surface area contributed by atoms with Crippen LogP contribution in [0.15, 0.2) is 0 Å². The normalized spacial score (nSPS) is 31.2. The monoisotopic (exact) mass is 258 g/mol. The number of hydrogen-bond donors (Lipinski definition) is 3. The zero-order valence-electron chi connectivity index (χ0n) is 10.8. The third kappa shape index (κ3) is 3.20. The molecule has 2 heterocycles. The van der Waals surface area contributed by atoms with Gasteiger partial charge in [0.25, 0.3) is 0 Å². The molecule has 1 amide bonds. The Hall–Kier alpha value is -0.690. The molecule has 104 valence electrons. The molecule has 0 aromatic heterocycles. The number of nitrogens with one attached hydrogen (secondary N) is 2. The van der Waals surface area contributed by atoms with Crippen LogP contribution in [-0.4, -0.2) is 62.7 Å². The number of carbonyl (C=O) groups excluding carboxylic acids is 1. The molecule has 18 heavy (non-hydrogen) atoms. The van der Waals surface area contributed by atoms with Gasteiger partial charge in [0, 0.05) is 38.6 Å². The summed E-state index contributed by atoms with van der Waals surface area (Å²) in [7, 11) is 1.83. The van der Waals surface area contributed by atoms with E-state index in [1.807, 2.05) is 7.05 Å². The van der Waals surface area contributed by atoms with Crippen molar-refractivity contribution in [2.75, 3.05) is 40.0 Å². The van der Waals surface area contributed by atoms with E-state index in [0.29, 0.717) is 45.8 Å². The summed E-state index contributed by atoms with van der Waals surface area (Å²) in [5.74, 6) is -0.217. The highest BCUT2D eigenvalue weighted by Crippen LogP contribution is 2.20. The van der Waals surface area contributed by atoms with E-state index in [1.165, 1.54) is 0 Å². The number of amides is 1. The van der Waals surface area contributed by atoms with Crippen molar-refractivity contribution in [2.45, 2.75) is 24.5 Å². The number of ether oxygens (including phenoxy) is 2. The van der Waals surface area contributed by atoms with Gasteiger partial charge in [-0.15, -0.1) is 0 Å². The van der Waals surface area contributed by atoms with Gasteiger partial charge < -0.3 is 25.2 Å². The Morgan fingerprint density at radius 3 is 2.72 bits per heavy atom. The van der Waals surface area contributed by atoms with Gasteiger partial charge in [0.05, 0.1) is 24.7 Å². The van der Waals surface area contributed by atoms with E-state index in [0.717, 1.165) is 0 Å². The molecule has 6 heteroatoms. The quantitative estimate of drug-likeness (QED) is 0.595. The molecule has 2 aliphatic heterocycles. The van der Waals surface area contributed by atoms with Crippen LogP contribution in [-0.2, 0) is 14.3 Å². The minimum atomic E-state index is -0.817. The summed E-state index contributed by atoms with van der Waals surface area (Å²) >= 11 is 0. The van der Waals surface area contributed by atoms with Gasteiger partial charge in [-0.2, -0.15) is 0 Å². The Labute approximate surface area is 107 Å². The van der Waals surface area contributed by atoms with Crippen LogP contribution >= 0.6 is 0 Å². The van der Waals surface area contributed by atoms with Crippen molar-refractivity contribution in [3.8, 4) is 0 Å². The first-order valence-corrected chi connectivity index (χ1v) is 6.47. The summed E-state index contributed by atoms with van der Waals surface area (Å²) in [6.07, 6.45) is 1.15. The zero-order chi connectivity index (χ0) is 13.0. The lowest BCUT2D eigenvalue weighted by Crippen LogP contribution is -2.50. The number of hydrogen-bond acceptors (Lipinski definition) is 5. The van der Waals surface area contributed by atoms with E-state index < -0.39 is 5.60 Å². The lowest BCUT2D eigenvalue weighted by Gasteiger charge is -2.32. The first kappa shape index (κ1) is 13.7. The summed E-state index contributed by atoms with van der Waals surface area (Å²) in [4.78, 5) is 12.0. The van der Waals surface area contributed by atoms with E-state index in [1.54, 1.807) is 0 Å². The predicted octanol–water partition coefficient (Wildman–Crippen LogP) is -1.12. The van der Waals surface area contributed by atoms with Crippen molar-refractivity contribution in [1.29, 1.82) is 0 Å². The smallest absolute Gasteiger partial charge is 0.227 e. The van der Waals surface area contributed by atoms with Crippen LogP contribution in [0.4, 0.5) is 0 Å². The second kappa shape index (κ2) is 5.97. The van der Waals surface area contributed by atoms with Crippen LogP contribution in [0.25, 0.3) is 0 Å². The largest absolute Gasteiger partial charge is 0.388 e. The molecule has 2 fully saturated rings. The Balaban J connectivity index is 1.80. The Kier molecular flexibility index (Phi) is 4.55. The van der Waals surface area contributed by atoms with Crippen LogP contribution in [0.1, 0.15) is 12.8 Å². The molecule has 2 atom stereocenters. The molecule has 0 spiro atoms. The lowest BCUT2D eigenvalue weighted by molar-refractivity contribution is -0.128. The van der Waals surface area contributed by atoms with E-state index >= 15 is 0 Å². The standard InChI is InChI=1S/C12H22N2O4/c1-13-10-7-18-6-9(10)11(15)14-8-12(16)2-4-17-5-3-12/h9-10,13,16H,2-8H2,1H3,(H,14,15). The van der Waals surface area contributed by atoms with E-state index in [2.05, 4.69) is 10.6 Å². The highest BCUT2D eigenvalue weighted by molar-refractivity contribution is 5.79. The van der Waals surface area contributed by atoms with Crippen LogP contribution in [0, 0.1) is 5.92 Å². The van der Waals surface area contributed by atoms with E-state index in [-0.39, 0.29) is 17.9 Å². The van der Waals surface area contributed by atoms with Crippen molar-refractivity contribution >= 4 is 5.91 Å². The van der Waals surface area contributed by atoms with Crippen molar-refractivity contribution in [3.05, 3.63) is 0 Å². The molecule has 2 aliphatic rings. The third-order valence-corrected chi connectivity index (χ3v) is 3.80. The van der Waals surface area contributed by atoms with Crippen molar-refractivity contribution in [3.63, 3.8) is 0 Å². The van der Waals surface area contributed by atoms with E-state index in [9.17, 15) is 9.90 Å². The minimum absolute atomic E-state index is 0.0493. The van der Waals surface area contributed by atoms with Gasteiger partial charge in [-0.05, 0) is 7.05 Å². The van der Waals surface area contributed by atoms with Crippen molar-refractivity contribution in [2.24, 2.45) is 5.92 Å². The second-order valence-corrected chi connectivity index (χ2v) is 5.09. The fourth-order valence-electron chi connectivity index (χ4n) is 2.41. The highest BCUT2D eigenvalue weighted by Gasteiger charge is 2.35. The molecule has 0 aliphatic carbocycles.